The lowest BCUT2D eigenvalue weighted by Crippen LogP contribution is -2.18. The summed E-state index contributed by atoms with van der Waals surface area (Å²) in [6.07, 6.45) is 4.50. The maximum absolute atomic E-state index is 12.3. The highest BCUT2D eigenvalue weighted by Gasteiger charge is 2.20. The minimum absolute atomic E-state index is 0.0568. The van der Waals surface area contributed by atoms with Crippen molar-refractivity contribution in [1.29, 1.82) is 0 Å². The van der Waals surface area contributed by atoms with Gasteiger partial charge in [0, 0.05) is 16.9 Å². The molecule has 0 aliphatic heterocycles. The van der Waals surface area contributed by atoms with Crippen LogP contribution in [0.5, 0.6) is 0 Å². The zero-order valence-electron chi connectivity index (χ0n) is 10.5. The Bertz CT molecular complexity index is 735. The highest BCUT2D eigenvalue weighted by molar-refractivity contribution is 9.10. The molecule has 0 unspecified atom stereocenters. The van der Waals surface area contributed by atoms with Gasteiger partial charge in [-0.15, -0.1) is 0 Å². The summed E-state index contributed by atoms with van der Waals surface area (Å²) >= 11 is 3.18. The molecule has 9 heteroatoms. The minimum atomic E-state index is -3.82. The van der Waals surface area contributed by atoms with Crippen molar-refractivity contribution in [2.24, 2.45) is 5.84 Å². The molecule has 2 rings (SSSR count). The average Bonchev–Trinajstić information content (AvgIpc) is 2.38. The van der Waals surface area contributed by atoms with E-state index >= 15 is 0 Å². The molecule has 0 saturated heterocycles. The van der Waals surface area contributed by atoms with Crippen LogP contribution in [0, 0.1) is 6.92 Å². The van der Waals surface area contributed by atoms with Crippen molar-refractivity contribution in [2.45, 2.75) is 11.8 Å². The Morgan fingerprint density at radius 2 is 2.00 bits per heavy atom. The second kappa shape index (κ2) is 5.73. The van der Waals surface area contributed by atoms with E-state index in [1.54, 1.807) is 12.3 Å². The number of halogens is 1. The lowest BCUT2D eigenvalue weighted by atomic mass is 10.3. The Kier molecular flexibility index (Phi) is 4.21. The number of anilines is 2. The lowest BCUT2D eigenvalue weighted by Gasteiger charge is -2.11. The van der Waals surface area contributed by atoms with Crippen molar-refractivity contribution in [3.05, 3.63) is 40.8 Å². The number of pyridine rings is 2. The van der Waals surface area contributed by atoms with Gasteiger partial charge in [-0.2, -0.15) is 0 Å². The van der Waals surface area contributed by atoms with E-state index < -0.39 is 10.0 Å². The molecule has 2 aromatic heterocycles. The van der Waals surface area contributed by atoms with Crippen molar-refractivity contribution in [2.75, 3.05) is 10.1 Å². The number of nitrogens with two attached hydrogens (primary N) is 1. The van der Waals surface area contributed by atoms with Gasteiger partial charge in [0.2, 0.25) is 0 Å². The van der Waals surface area contributed by atoms with Crippen LogP contribution >= 0.6 is 15.9 Å². The predicted octanol–water partition coefficient (Wildman–Crippen LogP) is 1.63. The van der Waals surface area contributed by atoms with Crippen molar-refractivity contribution >= 4 is 37.5 Å². The Morgan fingerprint density at radius 1 is 1.25 bits per heavy atom. The first-order valence-corrected chi connectivity index (χ1v) is 7.76. The Hall–Kier alpha value is -1.71. The van der Waals surface area contributed by atoms with E-state index in [2.05, 4.69) is 36.0 Å². The van der Waals surface area contributed by atoms with E-state index in [1.165, 1.54) is 18.5 Å². The molecule has 0 atom stereocenters. The van der Waals surface area contributed by atoms with Crippen molar-refractivity contribution in [3.8, 4) is 0 Å². The topological polar surface area (TPSA) is 110 Å². The molecule has 106 valence electrons. The smallest absolute Gasteiger partial charge is 0.265 e. The van der Waals surface area contributed by atoms with Gasteiger partial charge in [-0.1, -0.05) is 0 Å². The van der Waals surface area contributed by atoms with Crippen molar-refractivity contribution in [3.63, 3.8) is 0 Å². The second-order valence-corrected chi connectivity index (χ2v) is 6.57. The number of aromatic nitrogens is 2. The molecule has 0 amide bonds. The fourth-order valence-corrected chi connectivity index (χ4v) is 3.22. The monoisotopic (exact) mass is 357 g/mol. The Balaban J connectivity index is 2.43. The first kappa shape index (κ1) is 14.7. The van der Waals surface area contributed by atoms with Crippen LogP contribution in [-0.4, -0.2) is 18.4 Å². The van der Waals surface area contributed by atoms with E-state index in [0.29, 0.717) is 10.2 Å². The van der Waals surface area contributed by atoms with Crippen LogP contribution in [-0.2, 0) is 10.0 Å². The number of aryl methyl sites for hydroxylation is 1. The predicted molar refractivity (Wildman–Crippen MR) is 79.5 cm³/mol. The summed E-state index contributed by atoms with van der Waals surface area (Å²) in [5, 5.41) is 0. The number of rotatable bonds is 4. The highest BCUT2D eigenvalue weighted by atomic mass is 79.9. The third-order valence-electron chi connectivity index (χ3n) is 2.37. The van der Waals surface area contributed by atoms with E-state index in [-0.39, 0.29) is 10.7 Å². The van der Waals surface area contributed by atoms with Gasteiger partial charge >= 0.3 is 0 Å². The number of hydrazine groups is 1. The van der Waals surface area contributed by atoms with E-state index in [1.807, 2.05) is 6.92 Å². The molecule has 20 heavy (non-hydrogen) atoms. The molecule has 0 fully saturated rings. The molecule has 0 aliphatic carbocycles. The SMILES string of the molecule is Cc1cncc(NS(=O)(=O)c2cc(Br)cnc2NN)c1. The Labute approximate surface area is 124 Å². The van der Waals surface area contributed by atoms with Crippen LogP contribution in [0.1, 0.15) is 5.56 Å². The summed E-state index contributed by atoms with van der Waals surface area (Å²) in [6.45, 7) is 1.82. The van der Waals surface area contributed by atoms with Gasteiger partial charge in [0.1, 0.15) is 4.90 Å². The fourth-order valence-electron chi connectivity index (χ4n) is 1.55. The number of hydrogen-bond acceptors (Lipinski definition) is 6. The highest BCUT2D eigenvalue weighted by Crippen LogP contribution is 2.24. The summed E-state index contributed by atoms with van der Waals surface area (Å²) in [5.41, 5.74) is 3.47. The van der Waals surface area contributed by atoms with Crippen molar-refractivity contribution < 1.29 is 8.42 Å². The number of nitrogens with one attached hydrogen (secondary N) is 2. The fraction of sp³-hybridized carbons (Fsp3) is 0.0909. The molecule has 0 bridgehead atoms. The second-order valence-electron chi connectivity index (χ2n) is 4.00. The first-order valence-electron chi connectivity index (χ1n) is 5.49. The first-order chi connectivity index (χ1) is 9.42. The number of nitrogen functional groups attached to an aromatic ring is 1. The summed E-state index contributed by atoms with van der Waals surface area (Å²) in [6, 6.07) is 3.08. The van der Waals surface area contributed by atoms with Crippen LogP contribution in [0.25, 0.3) is 0 Å². The summed E-state index contributed by atoms with van der Waals surface area (Å²) < 4.78 is 27.7. The minimum Gasteiger partial charge on any atom is -0.307 e. The molecular formula is C11H12BrN5O2S. The summed E-state index contributed by atoms with van der Waals surface area (Å²) in [4.78, 5) is 7.78. The van der Waals surface area contributed by atoms with Crippen LogP contribution in [0.15, 0.2) is 40.1 Å². The lowest BCUT2D eigenvalue weighted by molar-refractivity contribution is 0.601. The van der Waals surface area contributed by atoms with Gasteiger partial charge in [-0.3, -0.25) is 9.71 Å². The summed E-state index contributed by atoms with van der Waals surface area (Å²) in [7, 11) is -3.82. The molecule has 0 aromatic carbocycles. The van der Waals surface area contributed by atoms with Crippen LogP contribution in [0.2, 0.25) is 0 Å². The van der Waals surface area contributed by atoms with Gasteiger partial charge in [0.25, 0.3) is 10.0 Å². The number of hydrogen-bond donors (Lipinski definition) is 3. The largest absolute Gasteiger partial charge is 0.307 e. The van der Waals surface area contributed by atoms with E-state index in [4.69, 9.17) is 5.84 Å². The molecule has 0 saturated carbocycles. The quantitative estimate of drug-likeness (QED) is 0.566. The van der Waals surface area contributed by atoms with Crippen LogP contribution < -0.4 is 16.0 Å². The molecule has 2 aromatic rings. The van der Waals surface area contributed by atoms with Crippen LogP contribution in [0.4, 0.5) is 11.5 Å². The molecule has 0 aliphatic rings. The van der Waals surface area contributed by atoms with Crippen LogP contribution in [0.3, 0.4) is 0 Å². The molecular weight excluding hydrogens is 346 g/mol. The zero-order chi connectivity index (χ0) is 14.8. The van der Waals surface area contributed by atoms with Gasteiger partial charge in [0.05, 0.1) is 11.9 Å². The third-order valence-corrected chi connectivity index (χ3v) is 4.20. The van der Waals surface area contributed by atoms with Gasteiger partial charge in [-0.25, -0.2) is 19.2 Å². The molecule has 7 nitrogen and oxygen atoms in total. The molecule has 2 heterocycles. The molecule has 4 N–H and O–H groups in total. The van der Waals surface area contributed by atoms with E-state index in [0.717, 1.165) is 5.56 Å². The standard InChI is InChI=1S/C11H12BrN5O2S/c1-7-2-9(6-14-4-7)17-20(18,19)10-3-8(12)5-15-11(10)16-13/h2-6,17H,13H2,1H3,(H,15,16). The average molecular weight is 358 g/mol. The molecule has 0 spiro atoms. The van der Waals surface area contributed by atoms with Gasteiger partial charge in [0.15, 0.2) is 5.82 Å². The van der Waals surface area contributed by atoms with Gasteiger partial charge in [-0.05, 0) is 40.5 Å². The summed E-state index contributed by atoms with van der Waals surface area (Å²) in [5.74, 6) is 5.34. The number of sulfonamides is 1. The van der Waals surface area contributed by atoms with E-state index in [9.17, 15) is 8.42 Å². The Morgan fingerprint density at radius 3 is 2.65 bits per heavy atom. The maximum Gasteiger partial charge on any atom is 0.265 e. The van der Waals surface area contributed by atoms with Crippen molar-refractivity contribution in [1.82, 2.24) is 9.97 Å². The maximum atomic E-state index is 12.3. The normalized spacial score (nSPS) is 11.2. The number of nitrogens with zero attached hydrogens (tertiary/aromatic N) is 2. The van der Waals surface area contributed by atoms with Gasteiger partial charge < -0.3 is 5.43 Å². The molecule has 0 radical (unpaired) electrons. The third kappa shape index (κ3) is 3.24. The zero-order valence-corrected chi connectivity index (χ0v) is 12.9.